The highest BCUT2D eigenvalue weighted by atomic mass is 17.2. The summed E-state index contributed by atoms with van der Waals surface area (Å²) in [6.45, 7) is 0.274. The smallest absolute Gasteiger partial charge is 0.339 e. The molecule has 0 radical (unpaired) electrons. The molecule has 0 aliphatic rings. The Kier molecular flexibility index (Phi) is 3.45. The van der Waals surface area contributed by atoms with Gasteiger partial charge in [0.05, 0.1) is 7.11 Å². The highest BCUT2D eigenvalue weighted by Gasteiger charge is 2.11. The van der Waals surface area contributed by atoms with Crippen LogP contribution in [0.5, 0.6) is 5.75 Å². The number of carboxylic acids is 1. The molecule has 2 aromatic carbocycles. The number of phenols is 1. The van der Waals surface area contributed by atoms with Crippen molar-refractivity contribution in [2.24, 2.45) is 0 Å². The summed E-state index contributed by atoms with van der Waals surface area (Å²) in [7, 11) is 1.42. The molecule has 0 heterocycles. The third kappa shape index (κ3) is 2.42. The van der Waals surface area contributed by atoms with Gasteiger partial charge in [-0.15, -0.1) is 0 Å². The SMILES string of the molecule is COOCc1ccc2cc(O)c(C(=O)O)cc2c1. The summed E-state index contributed by atoms with van der Waals surface area (Å²) < 4.78 is 0. The molecule has 18 heavy (non-hydrogen) atoms. The number of hydrogen-bond donors (Lipinski definition) is 2. The Morgan fingerprint density at radius 3 is 2.67 bits per heavy atom. The third-order valence-corrected chi connectivity index (χ3v) is 2.59. The standard InChI is InChI=1S/C13H12O5/c1-17-18-7-8-2-3-9-6-12(14)11(13(15)16)5-10(9)4-8/h2-6,14H,7H2,1H3,(H,15,16). The maximum Gasteiger partial charge on any atom is 0.339 e. The van der Waals surface area contributed by atoms with Crippen molar-refractivity contribution in [1.82, 2.24) is 0 Å². The molecule has 0 aliphatic heterocycles. The Morgan fingerprint density at radius 1 is 1.22 bits per heavy atom. The minimum absolute atomic E-state index is 0.118. The zero-order valence-corrected chi connectivity index (χ0v) is 9.71. The predicted molar refractivity (Wildman–Crippen MR) is 64.4 cm³/mol. The Labute approximate surface area is 103 Å². The zero-order valence-electron chi connectivity index (χ0n) is 9.71. The third-order valence-electron chi connectivity index (χ3n) is 2.59. The molecule has 2 aromatic rings. The van der Waals surface area contributed by atoms with Gasteiger partial charge in [0.1, 0.15) is 17.9 Å². The number of aromatic carboxylic acids is 1. The molecular weight excluding hydrogens is 236 g/mol. The number of hydrogen-bond acceptors (Lipinski definition) is 4. The van der Waals surface area contributed by atoms with Crippen LogP contribution in [0.1, 0.15) is 15.9 Å². The quantitative estimate of drug-likeness (QED) is 0.641. The number of carboxylic acid groups (broad SMARTS) is 1. The molecule has 5 nitrogen and oxygen atoms in total. The molecule has 0 aromatic heterocycles. The Morgan fingerprint density at radius 2 is 2.00 bits per heavy atom. The van der Waals surface area contributed by atoms with E-state index in [1.165, 1.54) is 19.2 Å². The fourth-order valence-electron chi connectivity index (χ4n) is 1.72. The number of carbonyl (C=O) groups is 1. The number of fused-ring (bicyclic) bond motifs is 1. The molecule has 0 saturated heterocycles. The van der Waals surface area contributed by atoms with Crippen molar-refractivity contribution in [2.45, 2.75) is 6.61 Å². The van der Waals surface area contributed by atoms with Gasteiger partial charge in [-0.2, -0.15) is 0 Å². The lowest BCUT2D eigenvalue weighted by Gasteiger charge is -2.06. The highest BCUT2D eigenvalue weighted by molar-refractivity contribution is 5.97. The zero-order chi connectivity index (χ0) is 13.1. The van der Waals surface area contributed by atoms with Crippen LogP contribution in [0.4, 0.5) is 0 Å². The first-order valence-electron chi connectivity index (χ1n) is 5.26. The fraction of sp³-hybridized carbons (Fsp3) is 0.154. The van der Waals surface area contributed by atoms with Gasteiger partial charge in [0, 0.05) is 0 Å². The molecular formula is C13H12O5. The first-order chi connectivity index (χ1) is 8.61. The van der Waals surface area contributed by atoms with E-state index < -0.39 is 5.97 Å². The van der Waals surface area contributed by atoms with E-state index in [2.05, 4.69) is 4.89 Å². The van der Waals surface area contributed by atoms with Crippen LogP contribution in [-0.2, 0) is 16.4 Å². The Bertz CT molecular complexity index is 591. The van der Waals surface area contributed by atoms with Crippen LogP contribution in [0.3, 0.4) is 0 Å². The number of aromatic hydroxyl groups is 1. The minimum atomic E-state index is -1.16. The van der Waals surface area contributed by atoms with E-state index >= 15 is 0 Å². The highest BCUT2D eigenvalue weighted by Crippen LogP contribution is 2.26. The largest absolute Gasteiger partial charge is 0.507 e. The number of rotatable bonds is 4. The summed E-state index contributed by atoms with van der Waals surface area (Å²) in [5.74, 6) is -1.40. The second-order valence-corrected chi connectivity index (χ2v) is 3.78. The lowest BCUT2D eigenvalue weighted by molar-refractivity contribution is -0.282. The van der Waals surface area contributed by atoms with Crippen molar-refractivity contribution in [1.29, 1.82) is 0 Å². The van der Waals surface area contributed by atoms with E-state index in [-0.39, 0.29) is 17.9 Å². The normalized spacial score (nSPS) is 10.7. The monoisotopic (exact) mass is 248 g/mol. The maximum absolute atomic E-state index is 10.9. The molecule has 2 N–H and O–H groups in total. The van der Waals surface area contributed by atoms with E-state index in [0.717, 1.165) is 16.3 Å². The topological polar surface area (TPSA) is 76.0 Å². The molecule has 0 bridgehead atoms. The van der Waals surface area contributed by atoms with Crippen LogP contribution in [0.2, 0.25) is 0 Å². The van der Waals surface area contributed by atoms with E-state index in [4.69, 9.17) is 9.99 Å². The van der Waals surface area contributed by atoms with Crippen LogP contribution in [-0.4, -0.2) is 23.3 Å². The Hall–Kier alpha value is -2.11. The average Bonchev–Trinajstić information content (AvgIpc) is 2.35. The second kappa shape index (κ2) is 5.03. The Balaban J connectivity index is 2.47. The second-order valence-electron chi connectivity index (χ2n) is 3.78. The maximum atomic E-state index is 10.9. The molecule has 0 amide bonds. The average molecular weight is 248 g/mol. The van der Waals surface area contributed by atoms with Crippen molar-refractivity contribution in [3.63, 3.8) is 0 Å². The van der Waals surface area contributed by atoms with Crippen molar-refractivity contribution >= 4 is 16.7 Å². The molecule has 94 valence electrons. The molecule has 0 fully saturated rings. The molecule has 0 aliphatic carbocycles. The lowest BCUT2D eigenvalue weighted by atomic mass is 10.0. The van der Waals surface area contributed by atoms with Gasteiger partial charge in [-0.05, 0) is 34.5 Å². The van der Waals surface area contributed by atoms with Gasteiger partial charge in [-0.1, -0.05) is 12.1 Å². The van der Waals surface area contributed by atoms with Crippen LogP contribution in [0, 0.1) is 0 Å². The number of benzene rings is 2. The van der Waals surface area contributed by atoms with Gasteiger partial charge in [-0.3, -0.25) is 0 Å². The molecule has 5 heteroatoms. The van der Waals surface area contributed by atoms with Gasteiger partial charge in [0.25, 0.3) is 0 Å². The van der Waals surface area contributed by atoms with Gasteiger partial charge in [0.15, 0.2) is 0 Å². The van der Waals surface area contributed by atoms with Gasteiger partial charge in [-0.25, -0.2) is 14.6 Å². The van der Waals surface area contributed by atoms with Gasteiger partial charge in [0.2, 0.25) is 0 Å². The van der Waals surface area contributed by atoms with E-state index in [1.54, 1.807) is 12.1 Å². The van der Waals surface area contributed by atoms with Crippen LogP contribution < -0.4 is 0 Å². The summed E-state index contributed by atoms with van der Waals surface area (Å²) in [6, 6.07) is 8.26. The van der Waals surface area contributed by atoms with Gasteiger partial charge < -0.3 is 10.2 Å². The van der Waals surface area contributed by atoms with E-state index in [0.29, 0.717) is 0 Å². The van der Waals surface area contributed by atoms with Crippen molar-refractivity contribution in [3.05, 3.63) is 41.5 Å². The van der Waals surface area contributed by atoms with Crippen molar-refractivity contribution in [2.75, 3.05) is 7.11 Å². The minimum Gasteiger partial charge on any atom is -0.507 e. The summed E-state index contributed by atoms with van der Waals surface area (Å²) in [6.07, 6.45) is 0. The first-order valence-corrected chi connectivity index (χ1v) is 5.26. The fourth-order valence-corrected chi connectivity index (χ4v) is 1.72. The van der Waals surface area contributed by atoms with Crippen LogP contribution >= 0.6 is 0 Å². The molecule has 0 saturated carbocycles. The lowest BCUT2D eigenvalue weighted by Crippen LogP contribution is -1.97. The van der Waals surface area contributed by atoms with Crippen LogP contribution in [0.15, 0.2) is 30.3 Å². The molecule has 0 unspecified atom stereocenters. The first kappa shape index (κ1) is 12.3. The molecule has 0 atom stereocenters. The summed E-state index contributed by atoms with van der Waals surface area (Å²) in [5, 5.41) is 20.0. The summed E-state index contributed by atoms with van der Waals surface area (Å²) in [4.78, 5) is 20.2. The van der Waals surface area contributed by atoms with E-state index in [1.807, 2.05) is 6.07 Å². The summed E-state index contributed by atoms with van der Waals surface area (Å²) >= 11 is 0. The van der Waals surface area contributed by atoms with Gasteiger partial charge >= 0.3 is 5.97 Å². The van der Waals surface area contributed by atoms with Crippen molar-refractivity contribution in [3.8, 4) is 5.75 Å². The molecule has 2 rings (SSSR count). The molecule has 0 spiro atoms. The summed E-state index contributed by atoms with van der Waals surface area (Å²) in [5.41, 5.74) is 0.735. The van der Waals surface area contributed by atoms with Crippen molar-refractivity contribution < 1.29 is 24.8 Å². The van der Waals surface area contributed by atoms with Crippen LogP contribution in [0.25, 0.3) is 10.8 Å². The van der Waals surface area contributed by atoms with E-state index in [9.17, 15) is 9.90 Å². The predicted octanol–water partition coefficient (Wildman–Crippen LogP) is 2.32.